The molecule has 1 fully saturated rings. The van der Waals surface area contributed by atoms with Gasteiger partial charge in [0.1, 0.15) is 24.4 Å². The Labute approximate surface area is 274 Å². The highest BCUT2D eigenvalue weighted by Crippen LogP contribution is 2.23. The summed E-state index contributed by atoms with van der Waals surface area (Å²) in [6.07, 6.45) is 21.4. The molecule has 9 nitrogen and oxygen atoms in total. The molecule has 0 spiro atoms. The van der Waals surface area contributed by atoms with Crippen LogP contribution in [0.5, 0.6) is 0 Å². The van der Waals surface area contributed by atoms with Gasteiger partial charge in [0, 0.05) is 6.42 Å². The summed E-state index contributed by atoms with van der Waals surface area (Å²) < 4.78 is 11.0. The quantitative estimate of drug-likeness (QED) is 0.0517. The molecule has 0 aromatic heterocycles. The van der Waals surface area contributed by atoms with Crippen LogP contribution in [-0.4, -0.2) is 87.5 Å². The van der Waals surface area contributed by atoms with E-state index in [-0.39, 0.29) is 12.5 Å². The molecule has 0 bridgehead atoms. The summed E-state index contributed by atoms with van der Waals surface area (Å²) in [5.74, 6) is -0.197. The highest BCUT2D eigenvalue weighted by Gasteiger charge is 2.44. The molecular weight excluding hydrogens is 574 g/mol. The van der Waals surface area contributed by atoms with Gasteiger partial charge in [-0.3, -0.25) is 4.79 Å². The Balaban J connectivity index is 2.10. The normalized spacial score (nSPS) is 23.2. The van der Waals surface area contributed by atoms with E-state index >= 15 is 0 Å². The molecule has 7 unspecified atom stereocenters. The molecule has 45 heavy (non-hydrogen) atoms. The second-order valence-electron chi connectivity index (χ2n) is 13.4. The van der Waals surface area contributed by atoms with Crippen LogP contribution < -0.4 is 5.32 Å². The number of aliphatic hydroxyl groups excluding tert-OH is 5. The Morgan fingerprint density at radius 1 is 0.667 bits per heavy atom. The molecule has 1 aliphatic rings. The minimum atomic E-state index is -1.54. The predicted molar refractivity (Wildman–Crippen MR) is 180 cm³/mol. The van der Waals surface area contributed by atoms with Crippen LogP contribution in [0.25, 0.3) is 0 Å². The van der Waals surface area contributed by atoms with Gasteiger partial charge in [-0.25, -0.2) is 0 Å². The van der Waals surface area contributed by atoms with Crippen molar-refractivity contribution >= 4 is 5.91 Å². The molecule has 0 radical (unpaired) electrons. The highest BCUT2D eigenvalue weighted by molar-refractivity contribution is 5.76. The van der Waals surface area contributed by atoms with Gasteiger partial charge in [0.15, 0.2) is 6.29 Å². The molecule has 1 aliphatic heterocycles. The van der Waals surface area contributed by atoms with Crippen LogP contribution in [-0.2, 0) is 14.3 Å². The second-order valence-corrected chi connectivity index (χ2v) is 13.4. The first-order chi connectivity index (χ1) is 21.8. The monoisotopic (exact) mass is 646 g/mol. The Bertz CT molecular complexity index is 681. The lowest BCUT2D eigenvalue weighted by atomic mass is 9.99. The zero-order valence-corrected chi connectivity index (χ0v) is 28.9. The number of ether oxygens (including phenoxy) is 2. The van der Waals surface area contributed by atoms with E-state index in [0.717, 1.165) is 19.3 Å². The molecule has 7 atom stereocenters. The van der Waals surface area contributed by atoms with Crippen LogP contribution in [0.4, 0.5) is 0 Å². The van der Waals surface area contributed by atoms with Crippen LogP contribution in [0.2, 0.25) is 0 Å². The summed E-state index contributed by atoms with van der Waals surface area (Å²) >= 11 is 0. The molecule has 6 N–H and O–H groups in total. The molecule has 0 saturated carbocycles. The summed E-state index contributed by atoms with van der Waals surface area (Å²) in [6, 6.07) is -0.707. The summed E-state index contributed by atoms with van der Waals surface area (Å²) in [5.41, 5.74) is 0. The molecular formula is C36H71NO8. The molecule has 0 aliphatic carbocycles. The first-order valence-corrected chi connectivity index (χ1v) is 18.7. The number of carbonyl (C=O) groups is 1. The van der Waals surface area contributed by atoms with Crippen molar-refractivity contribution in [1.82, 2.24) is 5.32 Å². The number of amides is 1. The maximum Gasteiger partial charge on any atom is 0.220 e. The van der Waals surface area contributed by atoms with E-state index in [1.54, 1.807) is 0 Å². The van der Waals surface area contributed by atoms with Crippen molar-refractivity contribution in [2.24, 2.45) is 0 Å². The average molecular weight is 646 g/mol. The Kier molecular flexibility index (Phi) is 26.5. The van der Waals surface area contributed by atoms with Gasteiger partial charge in [0.25, 0.3) is 0 Å². The lowest BCUT2D eigenvalue weighted by molar-refractivity contribution is -0.302. The van der Waals surface area contributed by atoms with Crippen LogP contribution >= 0.6 is 0 Å². The lowest BCUT2D eigenvalue weighted by Crippen LogP contribution is -2.60. The Morgan fingerprint density at radius 2 is 1.11 bits per heavy atom. The summed E-state index contributed by atoms with van der Waals surface area (Å²) in [4.78, 5) is 12.3. The molecule has 0 aromatic carbocycles. The second kappa shape index (κ2) is 28.2. The van der Waals surface area contributed by atoms with Gasteiger partial charge in [-0.05, 0) is 12.8 Å². The fraction of sp³-hybridized carbons (Fsp3) is 0.972. The fourth-order valence-electron chi connectivity index (χ4n) is 6.15. The molecule has 9 heteroatoms. The molecule has 1 rings (SSSR count). The summed E-state index contributed by atoms with van der Waals surface area (Å²) in [6.45, 7) is 3.48. The third kappa shape index (κ3) is 20.2. The van der Waals surface area contributed by atoms with Crippen molar-refractivity contribution < 1.29 is 39.8 Å². The van der Waals surface area contributed by atoms with E-state index < -0.39 is 49.5 Å². The van der Waals surface area contributed by atoms with Crippen molar-refractivity contribution in [3.8, 4) is 0 Å². The lowest BCUT2D eigenvalue weighted by Gasteiger charge is -2.40. The molecule has 1 heterocycles. The first kappa shape index (κ1) is 42.2. The first-order valence-electron chi connectivity index (χ1n) is 18.7. The number of nitrogens with one attached hydrogen (secondary N) is 1. The van der Waals surface area contributed by atoms with Crippen molar-refractivity contribution in [3.63, 3.8) is 0 Å². The Hall–Kier alpha value is -0.810. The van der Waals surface area contributed by atoms with Crippen LogP contribution in [0.3, 0.4) is 0 Å². The van der Waals surface area contributed by atoms with E-state index in [4.69, 9.17) is 9.47 Å². The van der Waals surface area contributed by atoms with Crippen LogP contribution in [0, 0.1) is 0 Å². The number of carbonyl (C=O) groups excluding carboxylic acids is 1. The number of unbranched alkanes of at least 4 members (excludes halogenated alkanes) is 20. The summed E-state index contributed by atoms with van der Waals surface area (Å²) in [5, 5.41) is 53.3. The number of aliphatic hydroxyl groups is 5. The van der Waals surface area contributed by atoms with Crippen LogP contribution in [0.1, 0.15) is 168 Å². The van der Waals surface area contributed by atoms with Crippen molar-refractivity contribution in [3.05, 3.63) is 0 Å². The van der Waals surface area contributed by atoms with Gasteiger partial charge in [0.2, 0.25) is 5.91 Å². The fourth-order valence-corrected chi connectivity index (χ4v) is 6.15. The van der Waals surface area contributed by atoms with Gasteiger partial charge >= 0.3 is 0 Å². The predicted octanol–water partition coefficient (Wildman–Crippen LogP) is 6.05. The average Bonchev–Trinajstić information content (AvgIpc) is 3.03. The minimum absolute atomic E-state index is 0.140. The van der Waals surface area contributed by atoms with Gasteiger partial charge in [-0.2, -0.15) is 0 Å². The van der Waals surface area contributed by atoms with Crippen molar-refractivity contribution in [2.45, 2.75) is 211 Å². The van der Waals surface area contributed by atoms with Gasteiger partial charge in [0.05, 0.1) is 25.4 Å². The highest BCUT2D eigenvalue weighted by atomic mass is 16.7. The van der Waals surface area contributed by atoms with Crippen molar-refractivity contribution in [1.29, 1.82) is 0 Å². The van der Waals surface area contributed by atoms with Crippen molar-refractivity contribution in [2.75, 3.05) is 13.2 Å². The standard InChI is InChI=1S/C36H71NO8/c1-3-5-6-7-8-9-10-11-12-13-14-15-16-17-18-19-20-21-22-23-24-26-30(39)29(37-32(40)25-4-2)28-44-36-35(43)34(42)33(41)31(27-38)45-36/h29-31,33-36,38-39,41-43H,3-28H2,1-2H3,(H,37,40). The van der Waals surface area contributed by atoms with Gasteiger partial charge < -0.3 is 40.3 Å². The molecule has 268 valence electrons. The maximum absolute atomic E-state index is 12.3. The van der Waals surface area contributed by atoms with Gasteiger partial charge in [-0.1, -0.05) is 149 Å². The van der Waals surface area contributed by atoms with Crippen LogP contribution in [0.15, 0.2) is 0 Å². The number of hydrogen-bond donors (Lipinski definition) is 6. The number of rotatable bonds is 30. The minimum Gasteiger partial charge on any atom is -0.394 e. The zero-order chi connectivity index (χ0) is 33.1. The number of hydrogen-bond acceptors (Lipinski definition) is 8. The van der Waals surface area contributed by atoms with E-state index in [0.29, 0.717) is 19.3 Å². The third-order valence-corrected chi connectivity index (χ3v) is 9.18. The van der Waals surface area contributed by atoms with E-state index in [2.05, 4.69) is 12.2 Å². The van der Waals surface area contributed by atoms with E-state index in [1.807, 2.05) is 6.92 Å². The smallest absolute Gasteiger partial charge is 0.220 e. The van der Waals surface area contributed by atoms with Gasteiger partial charge in [-0.15, -0.1) is 0 Å². The summed E-state index contributed by atoms with van der Waals surface area (Å²) in [7, 11) is 0. The zero-order valence-electron chi connectivity index (χ0n) is 28.9. The molecule has 1 amide bonds. The molecule has 0 aromatic rings. The molecule has 1 saturated heterocycles. The van der Waals surface area contributed by atoms with E-state index in [9.17, 15) is 30.3 Å². The Morgan fingerprint density at radius 3 is 1.53 bits per heavy atom. The maximum atomic E-state index is 12.3. The third-order valence-electron chi connectivity index (χ3n) is 9.18. The SMILES string of the molecule is CCCCCCCCCCCCCCCCCCCCCCCC(O)C(COC1OC(CO)C(O)C(O)C1O)NC(=O)CCC. The topological polar surface area (TPSA) is 149 Å². The largest absolute Gasteiger partial charge is 0.394 e. The van der Waals surface area contributed by atoms with E-state index in [1.165, 1.54) is 116 Å².